The van der Waals surface area contributed by atoms with Crippen molar-refractivity contribution in [1.29, 1.82) is 0 Å². The number of esters is 3. The third kappa shape index (κ3) is 52.9. The summed E-state index contributed by atoms with van der Waals surface area (Å²) < 4.78 is 16.8. The Bertz CT molecular complexity index is 1390. The van der Waals surface area contributed by atoms with E-state index in [0.29, 0.717) is 19.3 Å². The fraction of sp³-hybridized carbons (Fsp3) is 0.656. The van der Waals surface area contributed by atoms with Gasteiger partial charge in [0.25, 0.3) is 0 Å². The predicted molar refractivity (Wildman–Crippen MR) is 288 cm³/mol. The van der Waals surface area contributed by atoms with Crippen molar-refractivity contribution < 1.29 is 28.6 Å². The molecule has 0 heterocycles. The molecule has 0 aromatic rings. The average molecular weight is 929 g/mol. The Hall–Kier alpha value is -3.93. The smallest absolute Gasteiger partial charge is 0.306 e. The molecule has 6 heteroatoms. The van der Waals surface area contributed by atoms with Crippen LogP contribution in [0.4, 0.5) is 0 Å². The molecular weight excluding hydrogens is 829 g/mol. The molecule has 1 unspecified atom stereocenters. The van der Waals surface area contributed by atoms with Crippen molar-refractivity contribution in [2.45, 2.75) is 245 Å². The summed E-state index contributed by atoms with van der Waals surface area (Å²) in [5.74, 6) is -1.01. The van der Waals surface area contributed by atoms with Crippen LogP contribution in [0.3, 0.4) is 0 Å². The minimum atomic E-state index is -0.822. The van der Waals surface area contributed by atoms with Gasteiger partial charge in [-0.3, -0.25) is 14.4 Å². The monoisotopic (exact) mass is 929 g/mol. The van der Waals surface area contributed by atoms with E-state index in [1.165, 1.54) is 89.9 Å². The highest BCUT2D eigenvalue weighted by Crippen LogP contribution is 2.14. The van der Waals surface area contributed by atoms with Crippen LogP contribution in [-0.4, -0.2) is 37.2 Å². The lowest BCUT2D eigenvalue weighted by molar-refractivity contribution is -0.167. The topological polar surface area (TPSA) is 78.9 Å². The zero-order valence-corrected chi connectivity index (χ0v) is 43.4. The Morgan fingerprint density at radius 3 is 0.985 bits per heavy atom. The third-order valence-electron chi connectivity index (χ3n) is 11.2. The van der Waals surface area contributed by atoms with E-state index in [9.17, 15) is 14.4 Å². The zero-order valence-electron chi connectivity index (χ0n) is 43.4. The maximum atomic E-state index is 12.8. The summed E-state index contributed by atoms with van der Waals surface area (Å²) in [7, 11) is 0. The number of hydrogen-bond acceptors (Lipinski definition) is 6. The van der Waals surface area contributed by atoms with Crippen molar-refractivity contribution in [3.63, 3.8) is 0 Å². The summed E-state index contributed by atoms with van der Waals surface area (Å²) in [6.07, 6.45) is 73.7. The van der Waals surface area contributed by atoms with E-state index < -0.39 is 6.10 Å². The molecule has 0 saturated heterocycles. The van der Waals surface area contributed by atoms with Gasteiger partial charge in [0.05, 0.1) is 0 Å². The molecule has 380 valence electrons. The number of hydrogen-bond donors (Lipinski definition) is 0. The number of allylic oxidation sites excluding steroid dienone is 18. The Labute approximate surface area is 412 Å². The van der Waals surface area contributed by atoms with Gasteiger partial charge < -0.3 is 14.2 Å². The molecule has 6 nitrogen and oxygen atoms in total. The van der Waals surface area contributed by atoms with Gasteiger partial charge in [0, 0.05) is 19.3 Å². The maximum Gasteiger partial charge on any atom is 0.306 e. The van der Waals surface area contributed by atoms with Crippen LogP contribution in [-0.2, 0) is 28.6 Å². The number of carbonyl (C=O) groups is 3. The number of ether oxygens (including phenoxy) is 3. The highest BCUT2D eigenvalue weighted by Gasteiger charge is 2.19. The fourth-order valence-corrected chi connectivity index (χ4v) is 7.19. The van der Waals surface area contributed by atoms with Gasteiger partial charge in [0.1, 0.15) is 13.2 Å². The summed E-state index contributed by atoms with van der Waals surface area (Å²) >= 11 is 0. The Morgan fingerprint density at radius 2 is 0.597 bits per heavy atom. The molecule has 0 N–H and O–H groups in total. The van der Waals surface area contributed by atoms with Crippen LogP contribution in [0.5, 0.6) is 0 Å². The molecule has 0 rings (SSSR count). The second-order valence-corrected chi connectivity index (χ2v) is 17.7. The van der Waals surface area contributed by atoms with Crippen LogP contribution in [0.2, 0.25) is 0 Å². The lowest BCUT2D eigenvalue weighted by Gasteiger charge is -2.18. The van der Waals surface area contributed by atoms with E-state index in [-0.39, 0.29) is 37.5 Å². The van der Waals surface area contributed by atoms with Gasteiger partial charge in [-0.25, -0.2) is 0 Å². The van der Waals surface area contributed by atoms with Crippen molar-refractivity contribution in [3.8, 4) is 0 Å². The molecule has 67 heavy (non-hydrogen) atoms. The first-order valence-corrected chi connectivity index (χ1v) is 27.4. The fourth-order valence-electron chi connectivity index (χ4n) is 7.19. The molecule has 0 aromatic carbocycles. The van der Waals surface area contributed by atoms with Crippen molar-refractivity contribution in [2.24, 2.45) is 0 Å². The van der Waals surface area contributed by atoms with E-state index in [1.54, 1.807) is 0 Å². The first-order chi connectivity index (χ1) is 33.0. The molecule has 0 aliphatic rings. The van der Waals surface area contributed by atoms with E-state index in [4.69, 9.17) is 14.2 Å². The largest absolute Gasteiger partial charge is 0.462 e. The molecule has 1 atom stereocenters. The third-order valence-corrected chi connectivity index (χ3v) is 11.2. The lowest BCUT2D eigenvalue weighted by Crippen LogP contribution is -2.30. The SMILES string of the molecule is CC/C=C\C/C=C\C/C=C\C/C=C\C/C=C\CCCC(=O)OC(COC(=O)CCCCC/C=C\C/C=C\C/C=C\CC)COC(=O)CCCCCCCCCCC/C=C\CCCCCCCC. The van der Waals surface area contributed by atoms with E-state index in [1.807, 2.05) is 0 Å². The highest BCUT2D eigenvalue weighted by atomic mass is 16.6. The molecule has 0 amide bonds. The van der Waals surface area contributed by atoms with Gasteiger partial charge in [-0.2, -0.15) is 0 Å². The molecule has 0 aliphatic carbocycles. The van der Waals surface area contributed by atoms with Crippen LogP contribution < -0.4 is 0 Å². The molecular formula is C61H100O6. The summed E-state index contributed by atoms with van der Waals surface area (Å²) in [5.41, 5.74) is 0. The van der Waals surface area contributed by atoms with Crippen LogP contribution in [0, 0.1) is 0 Å². The number of unbranched alkanes of at least 4 members (excludes halogenated alkanes) is 19. The van der Waals surface area contributed by atoms with Gasteiger partial charge in [-0.1, -0.05) is 214 Å². The Kier molecular flexibility index (Phi) is 51.5. The summed E-state index contributed by atoms with van der Waals surface area (Å²) in [5, 5.41) is 0. The quantitative estimate of drug-likeness (QED) is 0.0262. The van der Waals surface area contributed by atoms with Gasteiger partial charge in [0.2, 0.25) is 0 Å². The molecule has 0 bridgehead atoms. The Morgan fingerprint density at radius 1 is 0.313 bits per heavy atom. The Balaban J connectivity index is 4.49. The summed E-state index contributed by atoms with van der Waals surface area (Å²) in [6, 6.07) is 0. The normalized spacial score (nSPS) is 12.9. The highest BCUT2D eigenvalue weighted by molar-refractivity contribution is 5.71. The first kappa shape index (κ1) is 63.1. The second-order valence-electron chi connectivity index (χ2n) is 17.7. The minimum Gasteiger partial charge on any atom is -0.462 e. The van der Waals surface area contributed by atoms with Crippen LogP contribution in [0.1, 0.15) is 239 Å². The van der Waals surface area contributed by atoms with Crippen LogP contribution in [0.15, 0.2) is 109 Å². The number of carbonyl (C=O) groups excluding carboxylic acids is 3. The van der Waals surface area contributed by atoms with Crippen LogP contribution >= 0.6 is 0 Å². The first-order valence-electron chi connectivity index (χ1n) is 27.4. The van der Waals surface area contributed by atoms with E-state index in [0.717, 1.165) is 103 Å². The average Bonchev–Trinajstić information content (AvgIpc) is 3.33. The van der Waals surface area contributed by atoms with E-state index in [2.05, 4.69) is 130 Å². The van der Waals surface area contributed by atoms with Crippen molar-refractivity contribution in [3.05, 3.63) is 109 Å². The van der Waals surface area contributed by atoms with Crippen LogP contribution in [0.25, 0.3) is 0 Å². The number of rotatable bonds is 48. The molecule has 0 spiro atoms. The molecule has 0 fully saturated rings. The van der Waals surface area contributed by atoms with Gasteiger partial charge in [-0.05, 0) is 116 Å². The summed E-state index contributed by atoms with van der Waals surface area (Å²) in [6.45, 7) is 6.33. The van der Waals surface area contributed by atoms with Gasteiger partial charge >= 0.3 is 17.9 Å². The molecule has 0 radical (unpaired) electrons. The lowest BCUT2D eigenvalue weighted by atomic mass is 10.1. The second kappa shape index (κ2) is 54.7. The van der Waals surface area contributed by atoms with Gasteiger partial charge in [0.15, 0.2) is 6.10 Å². The molecule has 0 aliphatic heterocycles. The van der Waals surface area contributed by atoms with Gasteiger partial charge in [-0.15, -0.1) is 0 Å². The predicted octanol–water partition coefficient (Wildman–Crippen LogP) is 18.3. The minimum absolute atomic E-state index is 0.113. The van der Waals surface area contributed by atoms with E-state index >= 15 is 0 Å². The maximum absolute atomic E-state index is 12.8. The molecule has 0 saturated carbocycles. The summed E-state index contributed by atoms with van der Waals surface area (Å²) in [4.78, 5) is 38.0. The molecule has 0 aromatic heterocycles. The van der Waals surface area contributed by atoms with Crippen molar-refractivity contribution in [1.82, 2.24) is 0 Å². The van der Waals surface area contributed by atoms with Crippen molar-refractivity contribution >= 4 is 17.9 Å². The van der Waals surface area contributed by atoms with Crippen molar-refractivity contribution in [2.75, 3.05) is 13.2 Å². The zero-order chi connectivity index (χ0) is 48.6. The standard InChI is InChI=1S/C61H100O6/c1-4-7-10-13-16-19-22-25-27-29-30-32-33-36-39-42-45-48-51-54-60(63)66-57-58(56-65-59(62)53-50-47-44-41-38-35-24-21-18-15-12-9-6-3)67-61(64)55-52-49-46-43-40-37-34-31-28-26-23-20-17-14-11-8-5-2/h8-9,11-12,17-18,20-21,25-28,34-35,37-38,43,46,58H,4-7,10,13-16,19,22-24,29-33,36,39-42,44-45,47-57H2,1-3H3/b11-8-,12-9-,20-17-,21-18-,27-25-,28-26-,37-34-,38-35-,46-43-.